The van der Waals surface area contributed by atoms with Crippen LogP contribution in [0.2, 0.25) is 0 Å². The monoisotopic (exact) mass is 268 g/mol. The molecule has 1 aromatic heterocycles. The summed E-state index contributed by atoms with van der Waals surface area (Å²) in [5, 5.41) is 1.30. The fraction of sp³-hybridized carbons (Fsp3) is 0.176. The second kappa shape index (κ2) is 5.06. The molecule has 0 aliphatic carbocycles. The summed E-state index contributed by atoms with van der Waals surface area (Å²) in [6.07, 6.45) is 1.04. The van der Waals surface area contributed by atoms with Crippen LogP contribution >= 0.6 is 11.3 Å². The summed E-state index contributed by atoms with van der Waals surface area (Å²) in [5.41, 5.74) is 2.54. The van der Waals surface area contributed by atoms with Crippen molar-refractivity contribution in [2.24, 2.45) is 0 Å². The van der Waals surface area contributed by atoms with Gasteiger partial charge in [-0.1, -0.05) is 31.2 Å². The van der Waals surface area contributed by atoms with Gasteiger partial charge in [0.2, 0.25) is 0 Å². The lowest BCUT2D eigenvalue weighted by atomic mass is 10.1. The highest BCUT2D eigenvalue weighted by atomic mass is 32.1. The molecule has 0 saturated heterocycles. The Balaban J connectivity index is 2.19. The maximum absolute atomic E-state index is 5.50. The van der Waals surface area contributed by atoms with Gasteiger partial charge >= 0.3 is 0 Å². The first-order valence-electron chi connectivity index (χ1n) is 6.47. The first kappa shape index (κ1) is 12.2. The second-order valence-corrected chi connectivity index (χ2v) is 5.62. The third-order valence-corrected chi connectivity index (χ3v) is 4.51. The van der Waals surface area contributed by atoms with Crippen LogP contribution in [-0.4, -0.2) is 7.11 Å². The van der Waals surface area contributed by atoms with Crippen LogP contribution in [0.3, 0.4) is 0 Å². The van der Waals surface area contributed by atoms with Gasteiger partial charge in [0.15, 0.2) is 0 Å². The highest BCUT2D eigenvalue weighted by Crippen LogP contribution is 2.38. The van der Waals surface area contributed by atoms with E-state index >= 15 is 0 Å². The van der Waals surface area contributed by atoms with Gasteiger partial charge < -0.3 is 4.74 Å². The van der Waals surface area contributed by atoms with E-state index in [1.807, 2.05) is 11.3 Å². The van der Waals surface area contributed by atoms with Crippen molar-refractivity contribution in [2.75, 3.05) is 7.11 Å². The molecular weight excluding hydrogens is 252 g/mol. The van der Waals surface area contributed by atoms with Crippen LogP contribution in [0.5, 0.6) is 5.75 Å². The maximum atomic E-state index is 5.50. The fourth-order valence-electron chi connectivity index (χ4n) is 2.28. The number of methoxy groups -OCH3 is 1. The molecule has 1 heterocycles. The lowest BCUT2D eigenvalue weighted by Crippen LogP contribution is -1.88. The summed E-state index contributed by atoms with van der Waals surface area (Å²) < 4.78 is 6.82. The van der Waals surface area contributed by atoms with Crippen molar-refractivity contribution in [3.05, 3.63) is 54.1 Å². The minimum absolute atomic E-state index is 0.948. The van der Waals surface area contributed by atoms with E-state index in [0.717, 1.165) is 12.2 Å². The van der Waals surface area contributed by atoms with Crippen molar-refractivity contribution in [3.63, 3.8) is 0 Å². The van der Waals surface area contributed by atoms with Gasteiger partial charge in [-0.15, -0.1) is 11.3 Å². The van der Waals surface area contributed by atoms with Crippen molar-refractivity contribution in [1.29, 1.82) is 0 Å². The summed E-state index contributed by atoms with van der Waals surface area (Å²) in [4.78, 5) is 1.27. The van der Waals surface area contributed by atoms with E-state index < -0.39 is 0 Å². The molecule has 0 bridgehead atoms. The van der Waals surface area contributed by atoms with Gasteiger partial charge in [-0.3, -0.25) is 0 Å². The number of hydrogen-bond donors (Lipinski definition) is 0. The SMILES string of the molecule is CCc1ccc(OC)c(-c2cc3ccccc3s2)c1. The number of thiophene rings is 1. The van der Waals surface area contributed by atoms with Crippen LogP contribution in [-0.2, 0) is 6.42 Å². The third-order valence-electron chi connectivity index (χ3n) is 3.36. The van der Waals surface area contributed by atoms with E-state index in [4.69, 9.17) is 4.74 Å². The third kappa shape index (κ3) is 2.24. The lowest BCUT2D eigenvalue weighted by molar-refractivity contribution is 0.416. The average Bonchev–Trinajstić information content (AvgIpc) is 2.90. The van der Waals surface area contributed by atoms with Gasteiger partial charge in [-0.05, 0) is 41.6 Å². The van der Waals surface area contributed by atoms with Gasteiger partial charge in [0.25, 0.3) is 0 Å². The molecule has 0 saturated carbocycles. The molecule has 0 fully saturated rings. The molecule has 1 nitrogen and oxygen atoms in total. The number of rotatable bonds is 3. The van der Waals surface area contributed by atoms with E-state index in [-0.39, 0.29) is 0 Å². The summed E-state index contributed by atoms with van der Waals surface area (Å²) in [7, 11) is 1.73. The Hall–Kier alpha value is -1.80. The highest BCUT2D eigenvalue weighted by molar-refractivity contribution is 7.22. The van der Waals surface area contributed by atoms with Crippen LogP contribution in [0.15, 0.2) is 48.5 Å². The number of benzene rings is 2. The Morgan fingerprint density at radius 1 is 1.05 bits per heavy atom. The van der Waals surface area contributed by atoms with Crippen LogP contribution in [0.4, 0.5) is 0 Å². The van der Waals surface area contributed by atoms with E-state index in [1.165, 1.54) is 26.1 Å². The van der Waals surface area contributed by atoms with Gasteiger partial charge in [-0.25, -0.2) is 0 Å². The average molecular weight is 268 g/mol. The van der Waals surface area contributed by atoms with Gasteiger partial charge in [-0.2, -0.15) is 0 Å². The molecule has 0 radical (unpaired) electrons. The quantitative estimate of drug-likeness (QED) is 0.639. The molecule has 96 valence electrons. The number of fused-ring (bicyclic) bond motifs is 1. The molecule has 2 aromatic carbocycles. The Morgan fingerprint density at radius 3 is 2.63 bits per heavy atom. The predicted molar refractivity (Wildman–Crippen MR) is 83.2 cm³/mol. The van der Waals surface area contributed by atoms with Crippen LogP contribution in [0.25, 0.3) is 20.5 Å². The van der Waals surface area contributed by atoms with E-state index in [2.05, 4.69) is 55.5 Å². The summed E-state index contributed by atoms with van der Waals surface area (Å²) >= 11 is 1.82. The molecule has 3 aromatic rings. The van der Waals surface area contributed by atoms with Crippen molar-refractivity contribution in [2.45, 2.75) is 13.3 Å². The summed E-state index contributed by atoms with van der Waals surface area (Å²) in [5.74, 6) is 0.948. The van der Waals surface area contributed by atoms with E-state index in [9.17, 15) is 0 Å². The van der Waals surface area contributed by atoms with Crippen molar-refractivity contribution in [3.8, 4) is 16.2 Å². The molecule has 0 amide bonds. The molecule has 0 aliphatic rings. The molecule has 19 heavy (non-hydrogen) atoms. The Bertz CT molecular complexity index is 679. The van der Waals surface area contributed by atoms with Crippen molar-refractivity contribution < 1.29 is 4.74 Å². The fourth-order valence-corrected chi connectivity index (χ4v) is 3.37. The second-order valence-electron chi connectivity index (χ2n) is 4.54. The molecule has 0 aliphatic heterocycles. The minimum Gasteiger partial charge on any atom is -0.496 e. The topological polar surface area (TPSA) is 9.23 Å². The highest BCUT2D eigenvalue weighted by Gasteiger charge is 2.10. The van der Waals surface area contributed by atoms with Crippen LogP contribution in [0, 0.1) is 0 Å². The zero-order valence-electron chi connectivity index (χ0n) is 11.1. The van der Waals surface area contributed by atoms with Gasteiger partial charge in [0, 0.05) is 15.1 Å². The first-order valence-corrected chi connectivity index (χ1v) is 7.29. The Kier molecular flexibility index (Phi) is 3.26. The molecule has 0 N–H and O–H groups in total. The van der Waals surface area contributed by atoms with Crippen molar-refractivity contribution in [1.82, 2.24) is 0 Å². The first-order chi connectivity index (χ1) is 9.31. The molecule has 2 heteroatoms. The Labute approximate surface area is 117 Å². The molecule has 0 spiro atoms. The van der Waals surface area contributed by atoms with Crippen molar-refractivity contribution >= 4 is 21.4 Å². The molecule has 0 unspecified atom stereocenters. The number of ether oxygens (including phenoxy) is 1. The smallest absolute Gasteiger partial charge is 0.127 e. The molecular formula is C17H16OS. The molecule has 0 atom stereocenters. The van der Waals surface area contributed by atoms with E-state index in [0.29, 0.717) is 0 Å². The zero-order valence-corrected chi connectivity index (χ0v) is 12.0. The standard InChI is InChI=1S/C17H16OS/c1-3-12-8-9-15(18-2)14(10-12)17-11-13-6-4-5-7-16(13)19-17/h4-11H,3H2,1-2H3. The van der Waals surface area contributed by atoms with Gasteiger partial charge in [0.1, 0.15) is 5.75 Å². The normalized spacial score (nSPS) is 10.8. The predicted octanol–water partition coefficient (Wildman–Crippen LogP) is 5.14. The summed E-state index contributed by atoms with van der Waals surface area (Å²) in [6.45, 7) is 2.18. The molecule has 3 rings (SSSR count). The van der Waals surface area contributed by atoms with Gasteiger partial charge in [0.05, 0.1) is 7.11 Å². The summed E-state index contributed by atoms with van der Waals surface area (Å²) in [6, 6.07) is 17.2. The van der Waals surface area contributed by atoms with E-state index in [1.54, 1.807) is 7.11 Å². The maximum Gasteiger partial charge on any atom is 0.127 e. The largest absolute Gasteiger partial charge is 0.496 e. The Morgan fingerprint density at radius 2 is 1.89 bits per heavy atom. The lowest BCUT2D eigenvalue weighted by Gasteiger charge is -2.08. The van der Waals surface area contributed by atoms with Crippen LogP contribution < -0.4 is 4.74 Å². The number of aryl methyl sites for hydroxylation is 1. The zero-order chi connectivity index (χ0) is 13.2. The van der Waals surface area contributed by atoms with Crippen LogP contribution in [0.1, 0.15) is 12.5 Å². The number of hydrogen-bond acceptors (Lipinski definition) is 2. The minimum atomic E-state index is 0.948.